The number of rotatable bonds is 6. The highest BCUT2D eigenvalue weighted by molar-refractivity contribution is 7.98. The quantitative estimate of drug-likeness (QED) is 0.452. The van der Waals surface area contributed by atoms with E-state index in [4.69, 9.17) is 0 Å². The number of nitrogens with zero attached hydrogens (tertiary/aromatic N) is 4. The van der Waals surface area contributed by atoms with Gasteiger partial charge in [-0.3, -0.25) is 14.5 Å². The molecule has 0 atom stereocenters. The fraction of sp³-hybridized carbons (Fsp3) is 0.182. The summed E-state index contributed by atoms with van der Waals surface area (Å²) in [6, 6.07) is 15.1. The molecule has 1 saturated carbocycles. The molecule has 8 heteroatoms. The van der Waals surface area contributed by atoms with E-state index in [9.17, 15) is 4.79 Å². The van der Waals surface area contributed by atoms with E-state index in [1.807, 2.05) is 65.6 Å². The molecule has 2 N–H and O–H groups in total. The summed E-state index contributed by atoms with van der Waals surface area (Å²) in [5.74, 6) is 1.96. The van der Waals surface area contributed by atoms with E-state index in [0.717, 1.165) is 22.2 Å². The third kappa shape index (κ3) is 3.73. The summed E-state index contributed by atoms with van der Waals surface area (Å²) in [6.45, 7) is 0. The number of carbonyl (C=O) groups is 1. The second-order valence-electron chi connectivity index (χ2n) is 7.18. The third-order valence-electron chi connectivity index (χ3n) is 5.04. The predicted molar refractivity (Wildman–Crippen MR) is 117 cm³/mol. The van der Waals surface area contributed by atoms with Crippen molar-refractivity contribution in [2.75, 3.05) is 11.6 Å². The van der Waals surface area contributed by atoms with Gasteiger partial charge in [-0.05, 0) is 55.5 Å². The molecular weight excluding hydrogens is 396 g/mol. The number of nitrogens with one attached hydrogen (secondary N) is 2. The Hall–Kier alpha value is -3.39. The number of amides is 1. The molecule has 0 spiro atoms. The molecule has 0 aliphatic heterocycles. The Bertz CT molecular complexity index is 1190. The molecule has 30 heavy (non-hydrogen) atoms. The first-order valence-electron chi connectivity index (χ1n) is 9.73. The minimum absolute atomic E-state index is 0.164. The summed E-state index contributed by atoms with van der Waals surface area (Å²) in [7, 11) is 0. The Morgan fingerprint density at radius 2 is 2.03 bits per heavy atom. The average Bonchev–Trinajstić information content (AvgIpc) is 3.32. The molecule has 2 heterocycles. The number of H-pyrrole nitrogens is 1. The zero-order valence-corrected chi connectivity index (χ0v) is 17.2. The van der Waals surface area contributed by atoms with Crippen LogP contribution in [-0.2, 0) is 0 Å². The Labute approximate surface area is 178 Å². The topological polar surface area (TPSA) is 88.5 Å². The van der Waals surface area contributed by atoms with Crippen molar-refractivity contribution in [3.05, 3.63) is 72.3 Å². The fourth-order valence-corrected chi connectivity index (χ4v) is 3.82. The van der Waals surface area contributed by atoms with Crippen molar-refractivity contribution in [3.63, 3.8) is 0 Å². The van der Waals surface area contributed by atoms with E-state index >= 15 is 0 Å². The Morgan fingerprint density at radius 1 is 1.20 bits per heavy atom. The van der Waals surface area contributed by atoms with E-state index in [0.29, 0.717) is 23.0 Å². The van der Waals surface area contributed by atoms with Crippen LogP contribution in [0.5, 0.6) is 0 Å². The number of carbonyl (C=O) groups excluding carboxylic acids is 1. The van der Waals surface area contributed by atoms with Gasteiger partial charge in [-0.15, -0.1) is 0 Å². The molecule has 1 aliphatic rings. The van der Waals surface area contributed by atoms with Gasteiger partial charge in [0.25, 0.3) is 5.91 Å². The maximum absolute atomic E-state index is 12.7. The molecule has 0 bridgehead atoms. The molecule has 7 nitrogen and oxygen atoms in total. The molecule has 4 aromatic rings. The van der Waals surface area contributed by atoms with Gasteiger partial charge in [0.15, 0.2) is 11.0 Å². The number of aromatic amines is 1. The van der Waals surface area contributed by atoms with Crippen LogP contribution in [0, 0.1) is 0 Å². The van der Waals surface area contributed by atoms with E-state index in [2.05, 4.69) is 25.5 Å². The summed E-state index contributed by atoms with van der Waals surface area (Å²) in [4.78, 5) is 21.6. The smallest absolute Gasteiger partial charge is 0.255 e. The number of imidazole rings is 1. The molecule has 0 unspecified atom stereocenters. The van der Waals surface area contributed by atoms with Gasteiger partial charge < -0.3 is 5.32 Å². The van der Waals surface area contributed by atoms with E-state index in [1.54, 1.807) is 18.0 Å². The highest BCUT2D eigenvalue weighted by atomic mass is 32.2. The zero-order valence-electron chi connectivity index (χ0n) is 16.4. The number of benzene rings is 2. The van der Waals surface area contributed by atoms with Crippen LogP contribution >= 0.6 is 11.8 Å². The lowest BCUT2D eigenvalue weighted by atomic mass is 10.1. The Balaban J connectivity index is 1.31. The van der Waals surface area contributed by atoms with Crippen molar-refractivity contribution >= 4 is 23.4 Å². The van der Waals surface area contributed by atoms with Crippen molar-refractivity contribution in [2.24, 2.45) is 0 Å². The summed E-state index contributed by atoms with van der Waals surface area (Å²) in [6.07, 6.45) is 8.00. The van der Waals surface area contributed by atoms with Crippen molar-refractivity contribution in [1.82, 2.24) is 24.7 Å². The Kier molecular flexibility index (Phi) is 4.84. The highest BCUT2D eigenvalue weighted by Crippen LogP contribution is 2.38. The normalized spacial score (nSPS) is 13.4. The number of hydrogen-bond acceptors (Lipinski definition) is 5. The van der Waals surface area contributed by atoms with Gasteiger partial charge in [-0.2, -0.15) is 5.10 Å². The van der Waals surface area contributed by atoms with Gasteiger partial charge in [0.2, 0.25) is 0 Å². The first-order chi connectivity index (χ1) is 14.7. The lowest BCUT2D eigenvalue weighted by molar-refractivity contribution is 0.102. The van der Waals surface area contributed by atoms with Crippen LogP contribution in [0.15, 0.2) is 66.1 Å². The lowest BCUT2D eigenvalue weighted by Crippen LogP contribution is -2.12. The number of anilines is 1. The van der Waals surface area contributed by atoms with Crippen molar-refractivity contribution in [2.45, 2.75) is 23.9 Å². The van der Waals surface area contributed by atoms with Crippen LogP contribution in [0.2, 0.25) is 0 Å². The van der Waals surface area contributed by atoms with Gasteiger partial charge in [0.05, 0.1) is 0 Å². The van der Waals surface area contributed by atoms with Crippen LogP contribution in [0.4, 0.5) is 5.69 Å². The maximum Gasteiger partial charge on any atom is 0.255 e. The van der Waals surface area contributed by atoms with Crippen LogP contribution in [0.1, 0.15) is 34.9 Å². The predicted octanol–water partition coefficient (Wildman–Crippen LogP) is 4.51. The summed E-state index contributed by atoms with van der Waals surface area (Å²) >= 11 is 1.58. The van der Waals surface area contributed by atoms with Gasteiger partial charge in [0.1, 0.15) is 5.82 Å². The fourth-order valence-electron chi connectivity index (χ4n) is 3.29. The highest BCUT2D eigenvalue weighted by Gasteiger charge is 2.27. The van der Waals surface area contributed by atoms with Gasteiger partial charge in [-0.25, -0.2) is 9.97 Å². The van der Waals surface area contributed by atoms with Crippen LogP contribution in [-0.4, -0.2) is 36.9 Å². The standard InChI is InChI=1S/C22H20N6OS/c1-30-22-23-11-12-28(22)18-9-7-15(8-10-18)21(29)24-17-4-2-3-16(13-17)20-25-19(26-27-20)14-5-6-14/h2-4,7-14H,5-6H2,1H3,(H,24,29)(H,25,26,27). The molecule has 2 aromatic carbocycles. The van der Waals surface area contributed by atoms with Crippen molar-refractivity contribution < 1.29 is 4.79 Å². The summed E-state index contributed by atoms with van der Waals surface area (Å²) < 4.78 is 1.99. The minimum Gasteiger partial charge on any atom is -0.322 e. The molecule has 1 fully saturated rings. The first-order valence-corrected chi connectivity index (χ1v) is 11.0. The molecular formula is C22H20N6OS. The summed E-state index contributed by atoms with van der Waals surface area (Å²) in [5, 5.41) is 11.2. The van der Waals surface area contributed by atoms with E-state index < -0.39 is 0 Å². The van der Waals surface area contributed by atoms with Gasteiger partial charge >= 0.3 is 0 Å². The second kappa shape index (κ2) is 7.79. The molecule has 0 radical (unpaired) electrons. The Morgan fingerprint density at radius 3 is 2.80 bits per heavy atom. The number of thioether (sulfide) groups is 1. The first kappa shape index (κ1) is 18.6. The SMILES string of the molecule is CSc1nccn1-c1ccc(C(=O)Nc2cccc(-c3n[nH]c(C4CC4)n3)c2)cc1. The molecule has 150 valence electrons. The maximum atomic E-state index is 12.7. The second-order valence-corrected chi connectivity index (χ2v) is 7.96. The molecule has 0 saturated heterocycles. The van der Waals surface area contributed by atoms with Crippen LogP contribution in [0.25, 0.3) is 17.1 Å². The molecule has 2 aromatic heterocycles. The largest absolute Gasteiger partial charge is 0.322 e. The van der Waals surface area contributed by atoms with Crippen LogP contribution < -0.4 is 5.32 Å². The molecule has 1 aliphatic carbocycles. The average molecular weight is 417 g/mol. The van der Waals surface area contributed by atoms with Crippen molar-refractivity contribution in [1.29, 1.82) is 0 Å². The molecule has 5 rings (SSSR count). The van der Waals surface area contributed by atoms with E-state index in [1.165, 1.54) is 12.8 Å². The van der Waals surface area contributed by atoms with Gasteiger partial charge in [0, 0.05) is 40.8 Å². The zero-order chi connectivity index (χ0) is 20.5. The molecule has 1 amide bonds. The number of aromatic nitrogens is 5. The monoisotopic (exact) mass is 416 g/mol. The minimum atomic E-state index is -0.164. The van der Waals surface area contributed by atoms with E-state index in [-0.39, 0.29) is 5.91 Å². The van der Waals surface area contributed by atoms with Crippen molar-refractivity contribution in [3.8, 4) is 17.1 Å². The number of hydrogen-bond donors (Lipinski definition) is 2. The lowest BCUT2D eigenvalue weighted by Gasteiger charge is -2.09. The van der Waals surface area contributed by atoms with Crippen LogP contribution in [0.3, 0.4) is 0 Å². The van der Waals surface area contributed by atoms with Gasteiger partial charge in [-0.1, -0.05) is 23.9 Å². The third-order valence-corrected chi connectivity index (χ3v) is 5.71. The summed E-state index contributed by atoms with van der Waals surface area (Å²) in [5.41, 5.74) is 3.13.